The van der Waals surface area contributed by atoms with Gasteiger partial charge in [-0.2, -0.15) is 5.10 Å². The van der Waals surface area contributed by atoms with Crippen molar-refractivity contribution >= 4 is 15.9 Å². The van der Waals surface area contributed by atoms with Gasteiger partial charge in [-0.15, -0.1) is 0 Å². The maximum absolute atomic E-state index is 4.50. The molecule has 0 spiro atoms. The highest BCUT2D eigenvalue weighted by Crippen LogP contribution is 2.24. The smallest absolute Gasteiger partial charge is 0.0739 e. The minimum absolute atomic E-state index is 0.711. The molecule has 1 N–H and O–H groups in total. The number of nitrogens with one attached hydrogen (secondary N) is 1. The molecule has 2 rings (SSSR count). The topological polar surface area (TPSA) is 33.1 Å². The van der Waals surface area contributed by atoms with E-state index < -0.39 is 0 Å². The lowest BCUT2D eigenvalue weighted by Gasteiger charge is -2.34. The Balaban J connectivity index is 2.11. The van der Waals surface area contributed by atoms with Crippen molar-refractivity contribution in [1.82, 2.24) is 20.0 Å². The monoisotopic (exact) mass is 328 g/mol. The second-order valence-corrected chi connectivity index (χ2v) is 6.21. The van der Waals surface area contributed by atoms with Crippen molar-refractivity contribution in [2.75, 3.05) is 19.6 Å². The van der Waals surface area contributed by atoms with E-state index in [1.54, 1.807) is 0 Å². The van der Waals surface area contributed by atoms with Gasteiger partial charge in [-0.25, -0.2) is 0 Å². The van der Waals surface area contributed by atoms with E-state index in [2.05, 4.69) is 45.1 Å². The molecule has 0 aromatic carbocycles. The molecule has 0 saturated carbocycles. The molecule has 1 aliphatic rings. The SMILES string of the molecule is CCCN(Cc1c(Br)c(C)nn1C)C1CCNCC1. The Bertz CT molecular complexity index is 410. The molecule has 4 nitrogen and oxygen atoms in total. The lowest BCUT2D eigenvalue weighted by Crippen LogP contribution is -2.43. The minimum atomic E-state index is 0.711. The molecule has 0 bridgehead atoms. The van der Waals surface area contributed by atoms with Crippen LogP contribution in [0.25, 0.3) is 0 Å². The van der Waals surface area contributed by atoms with Crippen LogP contribution in [0.4, 0.5) is 0 Å². The van der Waals surface area contributed by atoms with Gasteiger partial charge < -0.3 is 5.32 Å². The first-order valence-electron chi connectivity index (χ1n) is 7.26. The largest absolute Gasteiger partial charge is 0.317 e. The van der Waals surface area contributed by atoms with E-state index in [0.717, 1.165) is 25.3 Å². The van der Waals surface area contributed by atoms with Gasteiger partial charge in [0.1, 0.15) is 0 Å². The van der Waals surface area contributed by atoms with Gasteiger partial charge >= 0.3 is 0 Å². The highest BCUT2D eigenvalue weighted by Gasteiger charge is 2.22. The third kappa shape index (κ3) is 3.58. The third-order valence-electron chi connectivity index (χ3n) is 3.95. The van der Waals surface area contributed by atoms with Crippen molar-refractivity contribution in [3.05, 3.63) is 15.9 Å². The van der Waals surface area contributed by atoms with E-state index in [1.807, 2.05) is 11.7 Å². The van der Waals surface area contributed by atoms with Crippen molar-refractivity contribution < 1.29 is 0 Å². The summed E-state index contributed by atoms with van der Waals surface area (Å²) in [6.45, 7) is 8.78. The molecule has 0 radical (unpaired) electrons. The molecular weight excluding hydrogens is 304 g/mol. The zero-order valence-corrected chi connectivity index (χ0v) is 13.8. The molecule has 1 fully saturated rings. The predicted molar refractivity (Wildman–Crippen MR) is 82.2 cm³/mol. The molecule has 0 aliphatic carbocycles. The van der Waals surface area contributed by atoms with Crippen LogP contribution in [0.2, 0.25) is 0 Å². The average Bonchev–Trinajstić information content (AvgIpc) is 2.65. The summed E-state index contributed by atoms with van der Waals surface area (Å²) in [6.07, 6.45) is 3.72. The van der Waals surface area contributed by atoms with Crippen molar-refractivity contribution in [3.63, 3.8) is 0 Å². The lowest BCUT2D eigenvalue weighted by atomic mass is 10.0. The van der Waals surface area contributed by atoms with Crippen LogP contribution in [0.1, 0.15) is 37.6 Å². The van der Waals surface area contributed by atoms with Crippen LogP contribution in [0, 0.1) is 6.92 Å². The Morgan fingerprint density at radius 1 is 1.42 bits per heavy atom. The summed E-state index contributed by atoms with van der Waals surface area (Å²) < 4.78 is 3.19. The van der Waals surface area contributed by atoms with Gasteiger partial charge in [-0.3, -0.25) is 9.58 Å². The van der Waals surface area contributed by atoms with E-state index in [0.29, 0.717) is 6.04 Å². The molecule has 108 valence electrons. The summed E-state index contributed by atoms with van der Waals surface area (Å²) >= 11 is 3.68. The number of piperidine rings is 1. The fourth-order valence-corrected chi connectivity index (χ4v) is 3.36. The first-order valence-corrected chi connectivity index (χ1v) is 8.05. The highest BCUT2D eigenvalue weighted by molar-refractivity contribution is 9.10. The number of hydrogen-bond donors (Lipinski definition) is 1. The number of nitrogens with zero attached hydrogens (tertiary/aromatic N) is 3. The van der Waals surface area contributed by atoms with Gasteiger partial charge in [0.2, 0.25) is 0 Å². The quantitative estimate of drug-likeness (QED) is 0.901. The Hall–Kier alpha value is -0.390. The summed E-state index contributed by atoms with van der Waals surface area (Å²) in [4.78, 5) is 2.63. The lowest BCUT2D eigenvalue weighted by molar-refractivity contribution is 0.150. The molecule has 1 saturated heterocycles. The van der Waals surface area contributed by atoms with Gasteiger partial charge in [-0.1, -0.05) is 6.92 Å². The van der Waals surface area contributed by atoms with Crippen LogP contribution < -0.4 is 5.32 Å². The van der Waals surface area contributed by atoms with Crippen LogP contribution >= 0.6 is 15.9 Å². The Morgan fingerprint density at radius 3 is 2.63 bits per heavy atom. The molecule has 2 heterocycles. The average molecular weight is 329 g/mol. The summed E-state index contributed by atoms with van der Waals surface area (Å²) in [5, 5.41) is 7.95. The summed E-state index contributed by atoms with van der Waals surface area (Å²) in [6, 6.07) is 0.711. The number of hydrogen-bond acceptors (Lipinski definition) is 3. The second kappa shape index (κ2) is 6.86. The molecule has 1 aromatic rings. The summed E-state index contributed by atoms with van der Waals surface area (Å²) in [5.41, 5.74) is 2.38. The van der Waals surface area contributed by atoms with Crippen LogP contribution in [0.15, 0.2) is 4.47 Å². The summed E-state index contributed by atoms with van der Waals surface area (Å²) in [7, 11) is 2.04. The fourth-order valence-electron chi connectivity index (χ4n) is 2.89. The van der Waals surface area contributed by atoms with Crippen molar-refractivity contribution in [1.29, 1.82) is 0 Å². The molecule has 0 amide bonds. The Morgan fingerprint density at radius 2 is 2.11 bits per heavy atom. The first-order chi connectivity index (χ1) is 9.13. The highest BCUT2D eigenvalue weighted by atomic mass is 79.9. The first kappa shape index (κ1) is 15.0. The maximum atomic E-state index is 4.50. The maximum Gasteiger partial charge on any atom is 0.0739 e. The van der Waals surface area contributed by atoms with Crippen molar-refractivity contribution in [3.8, 4) is 0 Å². The second-order valence-electron chi connectivity index (χ2n) is 5.42. The summed E-state index contributed by atoms with van der Waals surface area (Å²) in [5.74, 6) is 0. The number of aromatic nitrogens is 2. The molecule has 1 aliphatic heterocycles. The normalized spacial score (nSPS) is 17.3. The van der Waals surface area contributed by atoms with Gasteiger partial charge in [0.15, 0.2) is 0 Å². The van der Waals surface area contributed by atoms with Crippen LogP contribution in [0.5, 0.6) is 0 Å². The van der Waals surface area contributed by atoms with E-state index in [9.17, 15) is 0 Å². The molecule has 0 atom stereocenters. The number of halogens is 1. The van der Waals surface area contributed by atoms with Gasteiger partial charge in [-0.05, 0) is 61.8 Å². The van der Waals surface area contributed by atoms with Crippen LogP contribution in [-0.4, -0.2) is 40.4 Å². The van der Waals surface area contributed by atoms with Gasteiger partial charge in [0.05, 0.1) is 15.9 Å². The van der Waals surface area contributed by atoms with Gasteiger partial charge in [0, 0.05) is 19.6 Å². The molecule has 1 aromatic heterocycles. The molecule has 5 heteroatoms. The van der Waals surface area contributed by atoms with Gasteiger partial charge in [0.25, 0.3) is 0 Å². The fraction of sp³-hybridized carbons (Fsp3) is 0.786. The van der Waals surface area contributed by atoms with E-state index >= 15 is 0 Å². The third-order valence-corrected chi connectivity index (χ3v) is 4.98. The zero-order valence-electron chi connectivity index (χ0n) is 12.2. The van der Waals surface area contributed by atoms with E-state index in [4.69, 9.17) is 0 Å². The number of aryl methyl sites for hydroxylation is 2. The van der Waals surface area contributed by atoms with E-state index in [1.165, 1.54) is 36.0 Å². The molecule has 19 heavy (non-hydrogen) atoms. The van der Waals surface area contributed by atoms with Crippen LogP contribution in [-0.2, 0) is 13.6 Å². The van der Waals surface area contributed by atoms with Crippen molar-refractivity contribution in [2.24, 2.45) is 7.05 Å². The Kier molecular flexibility index (Phi) is 5.42. The standard InChI is InChI=1S/C14H25BrN4/c1-4-9-19(12-5-7-16-8-6-12)10-13-14(15)11(2)17-18(13)3/h12,16H,4-10H2,1-3H3. The van der Waals surface area contributed by atoms with Crippen molar-refractivity contribution in [2.45, 2.75) is 45.7 Å². The zero-order chi connectivity index (χ0) is 13.8. The number of rotatable bonds is 5. The van der Waals surface area contributed by atoms with E-state index in [-0.39, 0.29) is 0 Å². The Labute approximate surface area is 124 Å². The predicted octanol–water partition coefficient (Wildman–Crippen LogP) is 2.46. The molecule has 0 unspecified atom stereocenters. The molecular formula is C14H25BrN4. The van der Waals surface area contributed by atoms with Crippen LogP contribution in [0.3, 0.4) is 0 Å². The minimum Gasteiger partial charge on any atom is -0.317 e.